The normalized spacial score (nSPS) is 10.1. The number of anilines is 1. The highest BCUT2D eigenvalue weighted by atomic mass is 19.1. The molecule has 0 radical (unpaired) electrons. The first-order valence-corrected chi connectivity index (χ1v) is 6.34. The van der Waals surface area contributed by atoms with E-state index in [0.717, 1.165) is 18.2 Å². The van der Waals surface area contributed by atoms with E-state index in [2.05, 4.69) is 5.32 Å². The summed E-state index contributed by atoms with van der Waals surface area (Å²) in [5.74, 6) is -1.40. The highest BCUT2D eigenvalue weighted by molar-refractivity contribution is 5.92. The Balaban J connectivity index is 2.09. The molecule has 0 heterocycles. The van der Waals surface area contributed by atoms with E-state index in [9.17, 15) is 29.4 Å². The van der Waals surface area contributed by atoms with Crippen LogP contribution < -0.4 is 5.32 Å². The van der Waals surface area contributed by atoms with Crippen LogP contribution in [0, 0.1) is 26.0 Å². The van der Waals surface area contributed by atoms with Gasteiger partial charge in [-0.15, -0.1) is 0 Å². The number of amides is 1. The summed E-state index contributed by atoms with van der Waals surface area (Å²) in [6, 6.07) is 8.10. The number of halogens is 1. The molecule has 0 bridgehead atoms. The van der Waals surface area contributed by atoms with E-state index >= 15 is 0 Å². The van der Waals surface area contributed by atoms with Gasteiger partial charge >= 0.3 is 0 Å². The molecule has 23 heavy (non-hydrogen) atoms. The molecule has 0 unspecified atom stereocenters. The van der Waals surface area contributed by atoms with Gasteiger partial charge in [0.2, 0.25) is 5.91 Å². The lowest BCUT2D eigenvalue weighted by Crippen LogP contribution is -2.15. The Labute approximate surface area is 128 Å². The number of nitrogens with one attached hydrogen (secondary N) is 1. The van der Waals surface area contributed by atoms with Gasteiger partial charge in [0.05, 0.1) is 22.0 Å². The summed E-state index contributed by atoms with van der Waals surface area (Å²) in [6.07, 6.45) is -0.153. The van der Waals surface area contributed by atoms with Crippen molar-refractivity contribution in [2.24, 2.45) is 0 Å². The molecule has 2 aromatic rings. The summed E-state index contributed by atoms with van der Waals surface area (Å²) in [6.45, 7) is 0. The van der Waals surface area contributed by atoms with E-state index in [1.807, 2.05) is 0 Å². The molecule has 2 aromatic carbocycles. The number of nitro benzene ring substituents is 2. The molecule has 118 valence electrons. The number of hydrogen-bond acceptors (Lipinski definition) is 5. The fourth-order valence-corrected chi connectivity index (χ4v) is 1.84. The maximum Gasteiger partial charge on any atom is 0.271 e. The van der Waals surface area contributed by atoms with E-state index in [1.54, 1.807) is 0 Å². The van der Waals surface area contributed by atoms with Crippen molar-refractivity contribution < 1.29 is 19.0 Å². The number of carbonyl (C=O) groups excluding carboxylic acids is 1. The van der Waals surface area contributed by atoms with Gasteiger partial charge in [-0.2, -0.15) is 0 Å². The van der Waals surface area contributed by atoms with Crippen molar-refractivity contribution >= 4 is 23.0 Å². The number of benzene rings is 2. The highest BCUT2D eigenvalue weighted by Gasteiger charge is 2.14. The molecule has 0 aromatic heterocycles. The minimum atomic E-state index is -0.798. The molecular weight excluding hydrogens is 309 g/mol. The molecule has 0 saturated heterocycles. The average molecular weight is 319 g/mol. The van der Waals surface area contributed by atoms with Crippen molar-refractivity contribution in [1.29, 1.82) is 0 Å². The summed E-state index contributed by atoms with van der Waals surface area (Å²) in [7, 11) is 0. The van der Waals surface area contributed by atoms with Crippen LogP contribution in [0.25, 0.3) is 0 Å². The van der Waals surface area contributed by atoms with Crippen LogP contribution >= 0.6 is 0 Å². The number of hydrogen-bond donors (Lipinski definition) is 1. The molecule has 0 aliphatic carbocycles. The van der Waals surface area contributed by atoms with Crippen molar-refractivity contribution in [2.45, 2.75) is 6.42 Å². The van der Waals surface area contributed by atoms with Gasteiger partial charge < -0.3 is 5.32 Å². The molecule has 0 atom stereocenters. The molecule has 8 nitrogen and oxygen atoms in total. The lowest BCUT2D eigenvalue weighted by molar-refractivity contribution is -0.385. The third kappa shape index (κ3) is 4.06. The van der Waals surface area contributed by atoms with Crippen LogP contribution in [0.3, 0.4) is 0 Å². The quantitative estimate of drug-likeness (QED) is 0.672. The molecule has 0 spiro atoms. The van der Waals surface area contributed by atoms with E-state index in [-0.39, 0.29) is 23.5 Å². The zero-order chi connectivity index (χ0) is 17.0. The van der Waals surface area contributed by atoms with Crippen molar-refractivity contribution in [1.82, 2.24) is 0 Å². The Hall–Kier alpha value is -3.36. The molecular formula is C14H10FN3O5. The zero-order valence-electron chi connectivity index (χ0n) is 11.6. The zero-order valence-corrected chi connectivity index (χ0v) is 11.6. The minimum Gasteiger partial charge on any atom is -0.323 e. The van der Waals surface area contributed by atoms with E-state index < -0.39 is 21.6 Å². The lowest BCUT2D eigenvalue weighted by atomic mass is 10.1. The number of nitro groups is 2. The van der Waals surface area contributed by atoms with Gasteiger partial charge in [0.25, 0.3) is 11.4 Å². The van der Waals surface area contributed by atoms with Crippen LogP contribution in [0.15, 0.2) is 42.5 Å². The van der Waals surface area contributed by atoms with Crippen molar-refractivity contribution in [3.05, 3.63) is 74.1 Å². The predicted molar refractivity (Wildman–Crippen MR) is 78.5 cm³/mol. The van der Waals surface area contributed by atoms with Crippen LogP contribution in [-0.2, 0) is 11.2 Å². The monoisotopic (exact) mass is 319 g/mol. The largest absolute Gasteiger partial charge is 0.323 e. The Morgan fingerprint density at radius 1 is 1.00 bits per heavy atom. The topological polar surface area (TPSA) is 115 Å². The second kappa shape index (κ2) is 6.60. The van der Waals surface area contributed by atoms with Gasteiger partial charge in [-0.1, -0.05) is 12.1 Å². The lowest BCUT2D eigenvalue weighted by Gasteiger charge is -2.06. The number of carbonyl (C=O) groups is 1. The molecule has 2 rings (SSSR count). The SMILES string of the molecule is O=C(Cc1ccc([N+](=O)[O-])cc1)Nc1cc([N+](=O)[O-])ccc1F. The van der Waals surface area contributed by atoms with E-state index in [4.69, 9.17) is 0 Å². The molecule has 0 aliphatic heterocycles. The maximum absolute atomic E-state index is 13.6. The van der Waals surface area contributed by atoms with Crippen molar-refractivity contribution in [3.63, 3.8) is 0 Å². The standard InChI is InChI=1S/C14H10FN3O5/c15-12-6-5-11(18(22)23)8-13(12)16-14(19)7-9-1-3-10(4-2-9)17(20)21/h1-6,8H,7H2,(H,16,19). The summed E-state index contributed by atoms with van der Waals surface area (Å²) in [5.41, 5.74) is -0.277. The molecule has 0 fully saturated rings. The van der Waals surface area contributed by atoms with Gasteiger partial charge in [-0.3, -0.25) is 25.0 Å². The number of non-ortho nitro benzene ring substituents is 2. The van der Waals surface area contributed by atoms with Crippen LogP contribution in [0.4, 0.5) is 21.5 Å². The van der Waals surface area contributed by atoms with Crippen molar-refractivity contribution in [2.75, 3.05) is 5.32 Å². The first-order valence-electron chi connectivity index (χ1n) is 6.34. The van der Waals surface area contributed by atoms with Crippen LogP contribution in [0.2, 0.25) is 0 Å². The van der Waals surface area contributed by atoms with Crippen molar-refractivity contribution in [3.8, 4) is 0 Å². The van der Waals surface area contributed by atoms with Crippen LogP contribution in [0.5, 0.6) is 0 Å². The fourth-order valence-electron chi connectivity index (χ4n) is 1.84. The number of rotatable bonds is 5. The Kier molecular flexibility index (Phi) is 4.60. The Morgan fingerprint density at radius 2 is 1.57 bits per heavy atom. The Bertz CT molecular complexity index is 776. The summed E-state index contributed by atoms with van der Waals surface area (Å²) >= 11 is 0. The molecule has 1 amide bonds. The Morgan fingerprint density at radius 3 is 2.13 bits per heavy atom. The maximum atomic E-state index is 13.6. The third-order valence-corrected chi connectivity index (χ3v) is 2.95. The smallest absolute Gasteiger partial charge is 0.271 e. The van der Waals surface area contributed by atoms with Gasteiger partial charge in [0.1, 0.15) is 5.82 Å². The number of nitrogens with zero attached hydrogens (tertiary/aromatic N) is 2. The van der Waals surface area contributed by atoms with Crippen LogP contribution in [-0.4, -0.2) is 15.8 Å². The van der Waals surface area contributed by atoms with E-state index in [1.165, 1.54) is 24.3 Å². The second-order valence-electron chi connectivity index (χ2n) is 4.57. The molecule has 1 N–H and O–H groups in total. The first-order chi connectivity index (χ1) is 10.9. The summed E-state index contributed by atoms with van der Waals surface area (Å²) in [5, 5.41) is 23.4. The third-order valence-electron chi connectivity index (χ3n) is 2.95. The highest BCUT2D eigenvalue weighted by Crippen LogP contribution is 2.21. The second-order valence-corrected chi connectivity index (χ2v) is 4.57. The fraction of sp³-hybridized carbons (Fsp3) is 0.0714. The van der Waals surface area contributed by atoms with E-state index in [0.29, 0.717) is 5.56 Å². The first kappa shape index (κ1) is 16.0. The predicted octanol–water partition coefficient (Wildman–Crippen LogP) is 2.82. The van der Waals surface area contributed by atoms with Gasteiger partial charge in [0, 0.05) is 24.3 Å². The summed E-state index contributed by atoms with van der Waals surface area (Å²) < 4.78 is 13.6. The minimum absolute atomic E-state index is 0.112. The summed E-state index contributed by atoms with van der Waals surface area (Å²) in [4.78, 5) is 31.8. The average Bonchev–Trinajstić information content (AvgIpc) is 2.49. The van der Waals surface area contributed by atoms with Gasteiger partial charge in [0.15, 0.2) is 0 Å². The molecule has 0 aliphatic rings. The molecule has 0 saturated carbocycles. The van der Waals surface area contributed by atoms with Gasteiger partial charge in [-0.05, 0) is 11.6 Å². The molecule has 9 heteroatoms. The van der Waals surface area contributed by atoms with Crippen LogP contribution in [0.1, 0.15) is 5.56 Å². The van der Waals surface area contributed by atoms with Gasteiger partial charge in [-0.25, -0.2) is 4.39 Å².